The van der Waals surface area contributed by atoms with Gasteiger partial charge in [0, 0.05) is 39.6 Å². The number of carbonyl (C=O) groups is 3. The highest BCUT2D eigenvalue weighted by Gasteiger charge is 2.54. The maximum Gasteiger partial charge on any atom is 0.312 e. The zero-order valence-electron chi connectivity index (χ0n) is 23.8. The van der Waals surface area contributed by atoms with Gasteiger partial charge in [-0.05, 0) is 60.2 Å². The van der Waals surface area contributed by atoms with Crippen LogP contribution in [0.3, 0.4) is 0 Å². The number of benzene rings is 1. The second-order valence-corrected chi connectivity index (χ2v) is 11.4. The van der Waals surface area contributed by atoms with Gasteiger partial charge in [-0.15, -0.1) is 5.10 Å². The molecule has 42 heavy (non-hydrogen) atoms. The molecule has 15 heteroatoms. The molecule has 0 radical (unpaired) electrons. The van der Waals surface area contributed by atoms with Gasteiger partial charge in [-0.25, -0.2) is 14.1 Å². The number of tetrazole rings is 1. The first-order valence-corrected chi connectivity index (χ1v) is 13.5. The highest BCUT2D eigenvalue weighted by atomic mass is 19.1. The van der Waals surface area contributed by atoms with Gasteiger partial charge >= 0.3 is 11.8 Å². The number of hydrogen-bond acceptors (Lipinski definition) is 9. The molecule has 2 aliphatic heterocycles. The van der Waals surface area contributed by atoms with Crippen molar-refractivity contribution in [3.05, 3.63) is 63.3 Å². The quantitative estimate of drug-likeness (QED) is 0.390. The fourth-order valence-corrected chi connectivity index (χ4v) is 6.02. The van der Waals surface area contributed by atoms with E-state index in [4.69, 9.17) is 0 Å². The van der Waals surface area contributed by atoms with E-state index in [-0.39, 0.29) is 24.7 Å². The van der Waals surface area contributed by atoms with E-state index in [1.165, 1.54) is 54.0 Å². The maximum absolute atomic E-state index is 13.7. The summed E-state index contributed by atoms with van der Waals surface area (Å²) < 4.78 is 16.6. The van der Waals surface area contributed by atoms with Gasteiger partial charge in [-0.1, -0.05) is 12.1 Å². The molecule has 1 aromatic carbocycles. The van der Waals surface area contributed by atoms with Crippen LogP contribution in [0.25, 0.3) is 0 Å². The van der Waals surface area contributed by atoms with Crippen molar-refractivity contribution in [2.75, 3.05) is 21.1 Å². The number of halogens is 1. The second-order valence-electron chi connectivity index (χ2n) is 11.4. The van der Waals surface area contributed by atoms with Gasteiger partial charge in [-0.2, -0.15) is 0 Å². The zero-order valence-corrected chi connectivity index (χ0v) is 23.8. The highest BCUT2D eigenvalue weighted by Crippen LogP contribution is 2.52. The molecule has 2 bridgehead atoms. The summed E-state index contributed by atoms with van der Waals surface area (Å²) in [5.41, 5.74) is -2.05. The topological polar surface area (TPSA) is 168 Å². The molecule has 1 fully saturated rings. The molecule has 4 heterocycles. The first kappa shape index (κ1) is 28.8. The van der Waals surface area contributed by atoms with Crippen LogP contribution in [0.15, 0.2) is 29.3 Å². The number of aromatic nitrogens is 6. The Morgan fingerprint density at radius 3 is 2.45 bits per heavy atom. The SMILES string of the molecule is Cc1cc(CNC(=O)c2nc3n(c(=O)c2O)CC2(Cn4cnnn4)CCC3(N(C)C(=O)C(=O)N(C)C)CC2)ccc1F. The fraction of sp³-hybridized carbons (Fsp3) is 0.481. The van der Waals surface area contributed by atoms with Crippen molar-refractivity contribution in [1.82, 2.24) is 44.9 Å². The maximum atomic E-state index is 13.7. The molecular weight excluding hydrogens is 549 g/mol. The van der Waals surface area contributed by atoms with Crippen LogP contribution in [0, 0.1) is 18.2 Å². The van der Waals surface area contributed by atoms with Gasteiger partial charge < -0.3 is 20.2 Å². The first-order valence-electron chi connectivity index (χ1n) is 13.5. The molecule has 3 amide bonds. The molecule has 3 aliphatic rings. The average molecular weight is 582 g/mol. The monoisotopic (exact) mass is 581 g/mol. The van der Waals surface area contributed by atoms with Gasteiger partial charge in [0.25, 0.3) is 11.5 Å². The molecule has 1 saturated carbocycles. The standard InChI is InChI=1S/C27H32FN9O5/c1-16-11-17(5-6-18(16)28)12-29-21(39)19-20(38)22(40)37-14-26(13-36-15-30-32-33-36)7-9-27(10-8-26,25(37)31-19)35(4)24(42)23(41)34(2)3/h5-6,11,15,38H,7-10,12-14H2,1-4H3,(H,29,39). The van der Waals surface area contributed by atoms with E-state index in [1.54, 1.807) is 17.7 Å². The summed E-state index contributed by atoms with van der Waals surface area (Å²) in [6.07, 6.45) is 3.20. The number of nitrogens with zero attached hydrogens (tertiary/aromatic N) is 8. The lowest BCUT2D eigenvalue weighted by Gasteiger charge is -2.46. The summed E-state index contributed by atoms with van der Waals surface area (Å²) in [5, 5.41) is 24.9. The van der Waals surface area contributed by atoms with E-state index in [1.807, 2.05) is 0 Å². The summed E-state index contributed by atoms with van der Waals surface area (Å²) >= 11 is 0. The minimum atomic E-state index is -1.21. The lowest BCUT2D eigenvalue weighted by Crippen LogP contribution is -2.54. The van der Waals surface area contributed by atoms with E-state index in [0.717, 1.165) is 0 Å². The number of fused-ring (bicyclic) bond motifs is 2. The second kappa shape index (κ2) is 10.6. The number of aromatic hydroxyl groups is 1. The molecule has 14 nitrogen and oxygen atoms in total. The normalized spacial score (nSPS) is 20.9. The van der Waals surface area contributed by atoms with Crippen LogP contribution in [0.1, 0.15) is 53.1 Å². The van der Waals surface area contributed by atoms with Crippen LogP contribution >= 0.6 is 0 Å². The Kier molecular flexibility index (Phi) is 7.28. The molecule has 2 N–H and O–H groups in total. The molecule has 1 aliphatic carbocycles. The summed E-state index contributed by atoms with van der Waals surface area (Å²) in [5.74, 6) is -3.45. The Balaban J connectivity index is 1.58. The Hall–Kier alpha value is -4.69. The number of amides is 3. The van der Waals surface area contributed by atoms with Crippen molar-refractivity contribution in [2.24, 2.45) is 5.41 Å². The molecule has 222 valence electrons. The third-order valence-corrected chi connectivity index (χ3v) is 8.51. The van der Waals surface area contributed by atoms with Crippen molar-refractivity contribution in [1.29, 1.82) is 0 Å². The highest BCUT2D eigenvalue weighted by molar-refractivity contribution is 6.34. The number of carbonyl (C=O) groups excluding carboxylic acids is 3. The predicted octanol–water partition coefficient (Wildman–Crippen LogP) is 0.329. The summed E-state index contributed by atoms with van der Waals surface area (Å²) in [4.78, 5) is 60.1. The number of rotatable bonds is 6. The summed E-state index contributed by atoms with van der Waals surface area (Å²) in [6.45, 7) is 2.09. The molecule has 6 rings (SSSR count). The minimum absolute atomic E-state index is 0.00455. The van der Waals surface area contributed by atoms with E-state index < -0.39 is 45.7 Å². The predicted molar refractivity (Wildman–Crippen MR) is 144 cm³/mol. The van der Waals surface area contributed by atoms with E-state index in [2.05, 4.69) is 25.8 Å². The number of nitrogens with one attached hydrogen (secondary N) is 1. The molecule has 0 atom stereocenters. The average Bonchev–Trinajstić information content (AvgIpc) is 3.38. The first-order chi connectivity index (χ1) is 19.9. The Morgan fingerprint density at radius 1 is 1.12 bits per heavy atom. The Bertz CT molecular complexity index is 1610. The smallest absolute Gasteiger partial charge is 0.312 e. The lowest BCUT2D eigenvalue weighted by atomic mass is 9.67. The zero-order chi connectivity index (χ0) is 30.4. The third-order valence-electron chi connectivity index (χ3n) is 8.51. The van der Waals surface area contributed by atoms with Crippen molar-refractivity contribution in [3.63, 3.8) is 0 Å². The number of hydrogen-bond donors (Lipinski definition) is 2. The van der Waals surface area contributed by atoms with Crippen molar-refractivity contribution < 1.29 is 23.9 Å². The van der Waals surface area contributed by atoms with Gasteiger partial charge in [0.05, 0.1) is 6.54 Å². The van der Waals surface area contributed by atoms with Crippen LogP contribution in [-0.4, -0.2) is 83.5 Å². The van der Waals surface area contributed by atoms with Crippen LogP contribution in [0.2, 0.25) is 0 Å². The van der Waals surface area contributed by atoms with E-state index in [9.17, 15) is 28.7 Å². The van der Waals surface area contributed by atoms with E-state index >= 15 is 0 Å². The van der Waals surface area contributed by atoms with Crippen molar-refractivity contribution in [3.8, 4) is 5.75 Å². The van der Waals surface area contributed by atoms with Crippen LogP contribution < -0.4 is 10.9 Å². The minimum Gasteiger partial charge on any atom is -0.501 e. The van der Waals surface area contributed by atoms with Crippen molar-refractivity contribution >= 4 is 17.7 Å². The number of aryl methyl sites for hydroxylation is 1. The largest absolute Gasteiger partial charge is 0.501 e. The lowest BCUT2D eigenvalue weighted by molar-refractivity contribution is -0.155. The molecule has 2 aromatic heterocycles. The van der Waals surface area contributed by atoms with E-state index in [0.29, 0.717) is 43.4 Å². The van der Waals surface area contributed by atoms with Gasteiger partial charge in [0.2, 0.25) is 5.75 Å². The van der Waals surface area contributed by atoms with Gasteiger partial charge in [0.15, 0.2) is 5.69 Å². The Morgan fingerprint density at radius 2 is 1.83 bits per heavy atom. The summed E-state index contributed by atoms with van der Waals surface area (Å²) in [7, 11) is 4.43. The van der Waals surface area contributed by atoms with Gasteiger partial charge in [-0.3, -0.25) is 23.7 Å². The van der Waals surface area contributed by atoms with Crippen LogP contribution in [-0.2, 0) is 34.8 Å². The van der Waals surface area contributed by atoms with Crippen molar-refractivity contribution in [2.45, 2.75) is 57.8 Å². The molecule has 3 aromatic rings. The molecule has 0 saturated heterocycles. The van der Waals surface area contributed by atoms with Gasteiger partial charge in [0.1, 0.15) is 23.5 Å². The fourth-order valence-electron chi connectivity index (χ4n) is 6.02. The molecular formula is C27H32FN9O5. The third kappa shape index (κ3) is 4.88. The van der Waals surface area contributed by atoms with Crippen LogP contribution in [0.5, 0.6) is 5.75 Å². The summed E-state index contributed by atoms with van der Waals surface area (Å²) in [6, 6.07) is 4.38. The Labute approximate surface area is 240 Å². The number of likely N-dealkylation sites (N-methyl/N-ethyl adjacent to an activating group) is 2. The molecule has 0 unspecified atom stereocenters. The van der Waals surface area contributed by atoms with Crippen LogP contribution in [0.4, 0.5) is 4.39 Å². The molecule has 0 spiro atoms.